The topological polar surface area (TPSA) is 42.0 Å². The van der Waals surface area contributed by atoms with Crippen molar-refractivity contribution in [1.82, 2.24) is 4.98 Å². The van der Waals surface area contributed by atoms with Crippen molar-refractivity contribution in [2.24, 2.45) is 0 Å². The lowest BCUT2D eigenvalue weighted by Crippen LogP contribution is -2.26. The highest BCUT2D eigenvalue weighted by Crippen LogP contribution is 2.30. The molecule has 0 aliphatic heterocycles. The molecule has 0 unspecified atom stereocenters. The molecule has 0 radical (unpaired) electrons. The molecule has 2 rings (SSSR count). The van der Waals surface area contributed by atoms with E-state index in [0.29, 0.717) is 11.0 Å². The van der Waals surface area contributed by atoms with Crippen molar-refractivity contribution in [3.63, 3.8) is 0 Å². The van der Waals surface area contributed by atoms with Crippen molar-refractivity contribution in [1.29, 1.82) is 0 Å². The second kappa shape index (κ2) is 6.53. The molecular weight excluding hydrogens is 351 g/mol. The predicted molar refractivity (Wildman–Crippen MR) is 90.6 cm³/mol. The van der Waals surface area contributed by atoms with Gasteiger partial charge >= 0.3 is 0 Å². The lowest BCUT2D eigenvalue weighted by molar-refractivity contribution is -0.115. The van der Waals surface area contributed by atoms with Crippen LogP contribution in [-0.4, -0.2) is 14.7 Å². The van der Waals surface area contributed by atoms with Crippen LogP contribution >= 0.6 is 46.1 Å². The van der Waals surface area contributed by atoms with Gasteiger partial charge in [0.2, 0.25) is 0 Å². The maximum atomic E-state index is 11.6. The summed E-state index contributed by atoms with van der Waals surface area (Å²) in [6.45, 7) is 4.28. The number of anilines is 1. The van der Waals surface area contributed by atoms with Crippen molar-refractivity contribution in [2.45, 2.75) is 23.6 Å². The molecule has 0 aliphatic rings. The summed E-state index contributed by atoms with van der Waals surface area (Å²) in [5.74, 6) is -0.239. The Morgan fingerprint density at radius 1 is 1.24 bits per heavy atom. The average Bonchev–Trinajstić information content (AvgIpc) is 2.86. The van der Waals surface area contributed by atoms with Crippen LogP contribution in [0, 0.1) is 0 Å². The zero-order valence-electron chi connectivity index (χ0n) is 11.4. The zero-order valence-corrected chi connectivity index (χ0v) is 14.4. The van der Waals surface area contributed by atoms with Crippen molar-refractivity contribution in [2.75, 3.05) is 5.32 Å². The summed E-state index contributed by atoms with van der Waals surface area (Å²) in [5, 5.41) is 4.72. The van der Waals surface area contributed by atoms with Gasteiger partial charge in [-0.3, -0.25) is 10.1 Å². The van der Waals surface area contributed by atoms with Gasteiger partial charge in [-0.2, -0.15) is 0 Å². The smallest absolute Gasteiger partial charge is 0.278 e. The van der Waals surface area contributed by atoms with E-state index in [0.717, 1.165) is 11.3 Å². The highest BCUT2D eigenvalue weighted by atomic mass is 35.6. The fourth-order valence-corrected chi connectivity index (χ4v) is 2.53. The van der Waals surface area contributed by atoms with E-state index in [9.17, 15) is 4.79 Å². The quantitative estimate of drug-likeness (QED) is 0.757. The molecule has 1 aromatic carbocycles. The fourth-order valence-electron chi connectivity index (χ4n) is 1.67. The first kappa shape index (κ1) is 16.6. The summed E-state index contributed by atoms with van der Waals surface area (Å²) in [6, 6.07) is 8.15. The van der Waals surface area contributed by atoms with Crippen LogP contribution in [0.5, 0.6) is 0 Å². The standard InChI is InChI=1S/C14H13Cl3N2OS/c1-8(2)9-3-5-10(6-4-9)11-7-21-13(18-11)19-12(20)14(15,16)17/h3-8H,1-2H3,(H,18,19,20). The second-order valence-corrected chi connectivity index (χ2v) is 7.91. The first-order valence-corrected chi connectivity index (χ1v) is 8.23. The van der Waals surface area contributed by atoms with E-state index in [-0.39, 0.29) is 0 Å². The number of hydrogen-bond donors (Lipinski definition) is 1. The Kier molecular flexibility index (Phi) is 5.15. The van der Waals surface area contributed by atoms with Gasteiger partial charge in [0.15, 0.2) is 5.13 Å². The molecule has 1 amide bonds. The van der Waals surface area contributed by atoms with Crippen LogP contribution in [-0.2, 0) is 4.79 Å². The van der Waals surface area contributed by atoms with Gasteiger partial charge in [-0.25, -0.2) is 4.98 Å². The molecule has 21 heavy (non-hydrogen) atoms. The molecule has 0 saturated heterocycles. The SMILES string of the molecule is CC(C)c1ccc(-c2csc(NC(=O)C(Cl)(Cl)Cl)n2)cc1. The lowest BCUT2D eigenvalue weighted by Gasteiger charge is -2.08. The number of nitrogens with zero attached hydrogens (tertiary/aromatic N) is 1. The summed E-state index contributed by atoms with van der Waals surface area (Å²) in [7, 11) is 0. The van der Waals surface area contributed by atoms with E-state index in [1.54, 1.807) is 0 Å². The van der Waals surface area contributed by atoms with Crippen LogP contribution in [0.25, 0.3) is 11.3 Å². The Morgan fingerprint density at radius 2 is 1.86 bits per heavy atom. The fraction of sp³-hybridized carbons (Fsp3) is 0.286. The molecule has 1 heterocycles. The van der Waals surface area contributed by atoms with Crippen molar-refractivity contribution < 1.29 is 4.79 Å². The summed E-state index contributed by atoms with van der Waals surface area (Å²) < 4.78 is -2.00. The molecule has 0 spiro atoms. The van der Waals surface area contributed by atoms with Gasteiger partial charge in [0, 0.05) is 10.9 Å². The number of thiazole rings is 1. The van der Waals surface area contributed by atoms with Gasteiger partial charge < -0.3 is 0 Å². The van der Waals surface area contributed by atoms with E-state index in [2.05, 4.69) is 36.3 Å². The highest BCUT2D eigenvalue weighted by molar-refractivity contribution is 7.14. The third-order valence-corrected chi connectivity index (χ3v) is 4.13. The maximum absolute atomic E-state index is 11.6. The molecule has 112 valence electrons. The van der Waals surface area contributed by atoms with E-state index in [4.69, 9.17) is 34.8 Å². The van der Waals surface area contributed by atoms with Crippen LogP contribution < -0.4 is 5.32 Å². The summed E-state index contributed by atoms with van der Waals surface area (Å²) in [6.07, 6.45) is 0. The molecule has 0 bridgehead atoms. The maximum Gasteiger partial charge on any atom is 0.278 e. The van der Waals surface area contributed by atoms with E-state index < -0.39 is 9.70 Å². The molecule has 7 heteroatoms. The Hall–Kier alpha value is -0.810. The van der Waals surface area contributed by atoms with Gasteiger partial charge in [-0.15, -0.1) is 11.3 Å². The zero-order chi connectivity index (χ0) is 15.6. The van der Waals surface area contributed by atoms with Crippen LogP contribution in [0.4, 0.5) is 5.13 Å². The molecule has 3 nitrogen and oxygen atoms in total. The average molecular weight is 364 g/mol. The van der Waals surface area contributed by atoms with E-state index >= 15 is 0 Å². The predicted octanol–water partition coefficient (Wildman–Crippen LogP) is 5.24. The number of carbonyl (C=O) groups is 1. The van der Waals surface area contributed by atoms with Crippen molar-refractivity contribution in [3.05, 3.63) is 35.2 Å². The van der Waals surface area contributed by atoms with Crippen LogP contribution in [0.3, 0.4) is 0 Å². The van der Waals surface area contributed by atoms with Gasteiger partial charge in [-0.1, -0.05) is 72.9 Å². The molecule has 0 atom stereocenters. The minimum atomic E-state index is -2.00. The van der Waals surface area contributed by atoms with Gasteiger partial charge in [0.05, 0.1) is 5.69 Å². The Bertz CT molecular complexity index is 632. The Balaban J connectivity index is 2.14. The van der Waals surface area contributed by atoms with Crippen LogP contribution in [0.2, 0.25) is 0 Å². The minimum Gasteiger partial charge on any atom is -0.298 e. The molecule has 1 aromatic heterocycles. The number of carbonyl (C=O) groups excluding carboxylic acids is 1. The molecule has 2 aromatic rings. The van der Waals surface area contributed by atoms with Crippen LogP contribution in [0.15, 0.2) is 29.6 Å². The first-order valence-electron chi connectivity index (χ1n) is 6.21. The number of alkyl halides is 3. The summed E-state index contributed by atoms with van der Waals surface area (Å²) in [4.78, 5) is 15.9. The van der Waals surface area contributed by atoms with Crippen molar-refractivity contribution in [3.8, 4) is 11.3 Å². The Morgan fingerprint density at radius 3 is 2.38 bits per heavy atom. The number of aromatic nitrogens is 1. The normalized spacial score (nSPS) is 11.7. The number of nitrogens with one attached hydrogen (secondary N) is 1. The molecule has 1 N–H and O–H groups in total. The number of halogens is 3. The third-order valence-electron chi connectivity index (χ3n) is 2.86. The van der Waals surface area contributed by atoms with E-state index in [1.807, 2.05) is 17.5 Å². The van der Waals surface area contributed by atoms with Gasteiger partial charge in [0.25, 0.3) is 9.70 Å². The monoisotopic (exact) mass is 362 g/mol. The Labute approximate surface area is 142 Å². The number of benzene rings is 1. The van der Waals surface area contributed by atoms with E-state index in [1.165, 1.54) is 16.9 Å². The third kappa shape index (κ3) is 4.33. The molecule has 0 aliphatic carbocycles. The van der Waals surface area contributed by atoms with Crippen LogP contribution in [0.1, 0.15) is 25.3 Å². The van der Waals surface area contributed by atoms with Crippen molar-refractivity contribution >= 4 is 57.2 Å². The molecular formula is C14H13Cl3N2OS. The largest absolute Gasteiger partial charge is 0.298 e. The number of rotatable bonds is 3. The van der Waals surface area contributed by atoms with Gasteiger partial charge in [-0.05, 0) is 11.5 Å². The second-order valence-electron chi connectivity index (χ2n) is 4.77. The van der Waals surface area contributed by atoms with Gasteiger partial charge in [0.1, 0.15) is 0 Å². The summed E-state index contributed by atoms with van der Waals surface area (Å²) >= 11 is 17.8. The molecule has 0 saturated carbocycles. The number of amides is 1. The number of hydrogen-bond acceptors (Lipinski definition) is 3. The first-order chi connectivity index (χ1) is 9.77. The lowest BCUT2D eigenvalue weighted by atomic mass is 10.0. The summed E-state index contributed by atoms with van der Waals surface area (Å²) in [5.41, 5.74) is 3.01. The minimum absolute atomic E-state index is 0.397. The molecule has 0 fully saturated rings. The highest BCUT2D eigenvalue weighted by Gasteiger charge is 2.31.